The van der Waals surface area contributed by atoms with Gasteiger partial charge in [0.15, 0.2) is 0 Å². The summed E-state index contributed by atoms with van der Waals surface area (Å²) in [5.74, 6) is -0.198. The molecular weight excluding hydrogens is 217 g/mol. The lowest BCUT2D eigenvalue weighted by atomic mass is 9.94. The molecule has 1 rings (SSSR count). The number of rotatable bonds is 6. The van der Waals surface area contributed by atoms with Crippen molar-refractivity contribution < 1.29 is 9.50 Å². The molecule has 0 radical (unpaired) electrons. The van der Waals surface area contributed by atoms with Crippen LogP contribution in [0.4, 0.5) is 4.39 Å². The Bertz CT molecular complexity index is 335. The fourth-order valence-electron chi connectivity index (χ4n) is 1.55. The topological polar surface area (TPSA) is 32.3 Å². The van der Waals surface area contributed by atoms with Crippen LogP contribution in [0.15, 0.2) is 24.3 Å². The molecule has 0 spiro atoms. The second-order valence-electron chi connectivity index (χ2n) is 5.43. The Kier molecular flexibility index (Phi) is 5.09. The lowest BCUT2D eigenvalue weighted by Crippen LogP contribution is -2.38. The summed E-state index contributed by atoms with van der Waals surface area (Å²) < 4.78 is 12.7. The Morgan fingerprint density at radius 1 is 1.29 bits per heavy atom. The predicted octanol–water partition coefficient (Wildman–Crippen LogP) is 2.36. The number of halogens is 1. The highest BCUT2D eigenvalue weighted by Gasteiger charge is 2.17. The van der Waals surface area contributed by atoms with Gasteiger partial charge in [-0.25, -0.2) is 4.39 Å². The summed E-state index contributed by atoms with van der Waals surface area (Å²) in [5, 5.41) is 12.5. The SMILES string of the molecule is CC(Cc1ccc(F)cc1)NCC(C)(C)CO. The van der Waals surface area contributed by atoms with E-state index in [1.165, 1.54) is 12.1 Å². The smallest absolute Gasteiger partial charge is 0.123 e. The van der Waals surface area contributed by atoms with Gasteiger partial charge in [0.2, 0.25) is 0 Å². The molecule has 96 valence electrons. The molecular formula is C14H22FNO. The zero-order valence-electron chi connectivity index (χ0n) is 10.8. The fraction of sp³-hybridized carbons (Fsp3) is 0.571. The predicted molar refractivity (Wildman–Crippen MR) is 68.4 cm³/mol. The molecule has 1 aromatic carbocycles. The molecule has 0 saturated carbocycles. The van der Waals surface area contributed by atoms with Crippen LogP contribution in [0.2, 0.25) is 0 Å². The maximum atomic E-state index is 12.7. The van der Waals surface area contributed by atoms with Crippen molar-refractivity contribution in [3.63, 3.8) is 0 Å². The van der Waals surface area contributed by atoms with E-state index in [9.17, 15) is 4.39 Å². The van der Waals surface area contributed by atoms with E-state index in [0.717, 1.165) is 18.5 Å². The van der Waals surface area contributed by atoms with Gasteiger partial charge < -0.3 is 10.4 Å². The molecule has 0 aliphatic carbocycles. The molecule has 17 heavy (non-hydrogen) atoms. The zero-order chi connectivity index (χ0) is 12.9. The van der Waals surface area contributed by atoms with Crippen molar-refractivity contribution in [2.45, 2.75) is 33.2 Å². The van der Waals surface area contributed by atoms with Crippen molar-refractivity contribution in [1.29, 1.82) is 0 Å². The lowest BCUT2D eigenvalue weighted by Gasteiger charge is -2.25. The van der Waals surface area contributed by atoms with Crippen LogP contribution in [0.25, 0.3) is 0 Å². The quantitative estimate of drug-likeness (QED) is 0.798. The first-order chi connectivity index (χ1) is 7.93. The minimum absolute atomic E-state index is 0.100. The van der Waals surface area contributed by atoms with E-state index in [0.29, 0.717) is 6.04 Å². The molecule has 0 bridgehead atoms. The number of hydrogen-bond acceptors (Lipinski definition) is 2. The molecule has 3 heteroatoms. The van der Waals surface area contributed by atoms with E-state index in [-0.39, 0.29) is 17.8 Å². The Hall–Kier alpha value is -0.930. The van der Waals surface area contributed by atoms with Gasteiger partial charge in [-0.1, -0.05) is 26.0 Å². The van der Waals surface area contributed by atoms with Crippen molar-refractivity contribution in [2.75, 3.05) is 13.2 Å². The maximum Gasteiger partial charge on any atom is 0.123 e. The molecule has 2 N–H and O–H groups in total. The van der Waals surface area contributed by atoms with E-state index >= 15 is 0 Å². The Labute approximate surface area is 103 Å². The second kappa shape index (κ2) is 6.12. The van der Waals surface area contributed by atoms with Crippen LogP contribution in [0.5, 0.6) is 0 Å². The third kappa shape index (κ3) is 5.29. The minimum atomic E-state index is -0.198. The van der Waals surface area contributed by atoms with E-state index in [1.54, 1.807) is 0 Å². The summed E-state index contributed by atoms with van der Waals surface area (Å²) in [5.41, 5.74) is 1.02. The molecule has 0 amide bonds. The summed E-state index contributed by atoms with van der Waals surface area (Å²) >= 11 is 0. The Balaban J connectivity index is 2.39. The molecule has 0 aromatic heterocycles. The number of aliphatic hydroxyl groups is 1. The van der Waals surface area contributed by atoms with Gasteiger partial charge in [0.1, 0.15) is 5.82 Å². The van der Waals surface area contributed by atoms with Gasteiger partial charge in [-0.05, 0) is 31.0 Å². The minimum Gasteiger partial charge on any atom is -0.396 e. The number of benzene rings is 1. The average molecular weight is 239 g/mol. The van der Waals surface area contributed by atoms with Gasteiger partial charge in [0, 0.05) is 24.6 Å². The van der Waals surface area contributed by atoms with Gasteiger partial charge in [-0.2, -0.15) is 0 Å². The average Bonchev–Trinajstić information content (AvgIpc) is 2.30. The van der Waals surface area contributed by atoms with E-state index in [4.69, 9.17) is 5.11 Å². The van der Waals surface area contributed by atoms with E-state index < -0.39 is 0 Å². The van der Waals surface area contributed by atoms with Crippen LogP contribution in [0.1, 0.15) is 26.3 Å². The highest BCUT2D eigenvalue weighted by molar-refractivity contribution is 5.16. The summed E-state index contributed by atoms with van der Waals surface area (Å²) in [6.45, 7) is 7.07. The van der Waals surface area contributed by atoms with Crippen molar-refractivity contribution in [1.82, 2.24) is 5.32 Å². The fourth-order valence-corrected chi connectivity index (χ4v) is 1.55. The monoisotopic (exact) mass is 239 g/mol. The number of hydrogen-bond donors (Lipinski definition) is 2. The molecule has 0 fully saturated rings. The summed E-state index contributed by atoms with van der Waals surface area (Å²) in [4.78, 5) is 0. The van der Waals surface area contributed by atoms with Gasteiger partial charge in [-0.15, -0.1) is 0 Å². The number of nitrogens with one attached hydrogen (secondary N) is 1. The van der Waals surface area contributed by atoms with Crippen LogP contribution in [-0.2, 0) is 6.42 Å². The Morgan fingerprint density at radius 3 is 2.41 bits per heavy atom. The summed E-state index contributed by atoms with van der Waals surface area (Å²) in [6, 6.07) is 6.90. The zero-order valence-corrected chi connectivity index (χ0v) is 10.8. The third-order valence-electron chi connectivity index (χ3n) is 2.81. The van der Waals surface area contributed by atoms with Crippen molar-refractivity contribution in [3.8, 4) is 0 Å². The van der Waals surface area contributed by atoms with E-state index in [1.807, 2.05) is 26.0 Å². The molecule has 0 aliphatic heterocycles. The van der Waals surface area contributed by atoms with Gasteiger partial charge in [-0.3, -0.25) is 0 Å². The van der Waals surface area contributed by atoms with Gasteiger partial charge in [0.05, 0.1) is 0 Å². The largest absolute Gasteiger partial charge is 0.396 e. The maximum absolute atomic E-state index is 12.7. The molecule has 1 unspecified atom stereocenters. The standard InChI is InChI=1S/C14H22FNO/c1-11(16-9-14(2,3)10-17)8-12-4-6-13(15)7-5-12/h4-7,11,16-17H,8-10H2,1-3H3. The van der Waals surface area contributed by atoms with Gasteiger partial charge >= 0.3 is 0 Å². The van der Waals surface area contributed by atoms with Crippen molar-refractivity contribution in [3.05, 3.63) is 35.6 Å². The molecule has 0 saturated heterocycles. The third-order valence-corrected chi connectivity index (χ3v) is 2.81. The van der Waals surface area contributed by atoms with Crippen LogP contribution < -0.4 is 5.32 Å². The first-order valence-corrected chi connectivity index (χ1v) is 6.02. The van der Waals surface area contributed by atoms with Crippen LogP contribution >= 0.6 is 0 Å². The molecule has 1 atom stereocenters. The highest BCUT2D eigenvalue weighted by atomic mass is 19.1. The van der Waals surface area contributed by atoms with Crippen molar-refractivity contribution >= 4 is 0 Å². The van der Waals surface area contributed by atoms with E-state index in [2.05, 4.69) is 12.2 Å². The highest BCUT2D eigenvalue weighted by Crippen LogP contribution is 2.12. The van der Waals surface area contributed by atoms with Crippen molar-refractivity contribution in [2.24, 2.45) is 5.41 Å². The molecule has 1 aromatic rings. The summed E-state index contributed by atoms with van der Waals surface area (Å²) in [6.07, 6.45) is 0.863. The van der Waals surface area contributed by atoms with Crippen LogP contribution in [0, 0.1) is 11.2 Å². The van der Waals surface area contributed by atoms with Gasteiger partial charge in [0.25, 0.3) is 0 Å². The summed E-state index contributed by atoms with van der Waals surface area (Å²) in [7, 11) is 0. The number of aliphatic hydroxyl groups excluding tert-OH is 1. The first kappa shape index (κ1) is 14.1. The second-order valence-corrected chi connectivity index (χ2v) is 5.43. The normalized spacial score (nSPS) is 13.7. The molecule has 0 aliphatic rings. The van der Waals surface area contributed by atoms with Crippen LogP contribution in [0.3, 0.4) is 0 Å². The Morgan fingerprint density at radius 2 is 1.88 bits per heavy atom. The first-order valence-electron chi connectivity index (χ1n) is 6.02. The molecule has 0 heterocycles. The van der Waals surface area contributed by atoms with Crippen LogP contribution in [-0.4, -0.2) is 24.3 Å². The molecule has 2 nitrogen and oxygen atoms in total. The lowest BCUT2D eigenvalue weighted by molar-refractivity contribution is 0.154.